The maximum atomic E-state index is 11.1. The first-order chi connectivity index (χ1) is 8.24. The monoisotopic (exact) mass is 257 g/mol. The molecule has 0 spiro atoms. The van der Waals surface area contributed by atoms with E-state index in [9.17, 15) is 4.79 Å². The van der Waals surface area contributed by atoms with Gasteiger partial charge in [0.05, 0.1) is 6.61 Å². The van der Waals surface area contributed by atoms with Crippen LogP contribution in [0.2, 0.25) is 0 Å². The van der Waals surface area contributed by atoms with Crippen LogP contribution in [0.3, 0.4) is 0 Å². The van der Waals surface area contributed by atoms with Gasteiger partial charge in [-0.2, -0.15) is 0 Å². The molecule has 0 aromatic carbocycles. The summed E-state index contributed by atoms with van der Waals surface area (Å²) in [6.07, 6.45) is 5.25. The fourth-order valence-electron chi connectivity index (χ4n) is 1.35. The van der Waals surface area contributed by atoms with E-state index in [-0.39, 0.29) is 5.97 Å². The number of hydrogen-bond acceptors (Lipinski definition) is 5. The first-order valence-electron chi connectivity index (χ1n) is 5.86. The van der Waals surface area contributed by atoms with Gasteiger partial charge in [0, 0.05) is 19.2 Å². The molecule has 1 aromatic heterocycles. The van der Waals surface area contributed by atoms with E-state index in [4.69, 9.17) is 4.74 Å². The van der Waals surface area contributed by atoms with E-state index in [0.29, 0.717) is 13.0 Å². The highest BCUT2D eigenvalue weighted by Crippen LogP contribution is 2.16. The molecule has 0 aliphatic carbocycles. The number of unbranched alkanes of at least 4 members (excludes halogenated alkanes) is 2. The lowest BCUT2D eigenvalue weighted by Gasteiger charge is -2.02. The molecule has 1 rings (SSSR count). The van der Waals surface area contributed by atoms with Gasteiger partial charge < -0.3 is 9.30 Å². The van der Waals surface area contributed by atoms with Crippen LogP contribution in [-0.2, 0) is 16.6 Å². The molecule has 0 aliphatic heterocycles. The molecule has 1 aromatic rings. The van der Waals surface area contributed by atoms with Gasteiger partial charge in [-0.05, 0) is 19.8 Å². The van der Waals surface area contributed by atoms with Crippen LogP contribution >= 0.6 is 11.8 Å². The molecule has 1 heterocycles. The number of nitrogens with zero attached hydrogens (tertiary/aromatic N) is 3. The van der Waals surface area contributed by atoms with Crippen molar-refractivity contribution in [2.75, 3.05) is 12.4 Å². The van der Waals surface area contributed by atoms with Gasteiger partial charge in [-0.15, -0.1) is 10.2 Å². The molecule has 0 amide bonds. The molecule has 96 valence electrons. The zero-order chi connectivity index (χ0) is 12.5. The normalized spacial score (nSPS) is 10.5. The Morgan fingerprint density at radius 2 is 2.29 bits per heavy atom. The number of thioether (sulfide) groups is 1. The van der Waals surface area contributed by atoms with Gasteiger partial charge >= 0.3 is 5.97 Å². The van der Waals surface area contributed by atoms with Crippen molar-refractivity contribution in [3.8, 4) is 0 Å². The second kappa shape index (κ2) is 8.11. The summed E-state index contributed by atoms with van der Waals surface area (Å²) in [6, 6.07) is 0. The zero-order valence-electron chi connectivity index (χ0n) is 10.4. The molecule has 0 radical (unpaired) electrons. The van der Waals surface area contributed by atoms with Crippen molar-refractivity contribution in [3.63, 3.8) is 0 Å². The Morgan fingerprint density at radius 1 is 1.47 bits per heavy atom. The maximum absolute atomic E-state index is 11.1. The van der Waals surface area contributed by atoms with Crippen LogP contribution in [0.25, 0.3) is 0 Å². The molecule has 0 aliphatic rings. The van der Waals surface area contributed by atoms with E-state index in [1.54, 1.807) is 18.1 Å². The summed E-state index contributed by atoms with van der Waals surface area (Å²) in [5, 5.41) is 8.74. The fraction of sp³-hybridized carbons (Fsp3) is 0.727. The summed E-state index contributed by atoms with van der Waals surface area (Å²) in [6.45, 7) is 2.30. The average molecular weight is 257 g/mol. The first kappa shape index (κ1) is 14.0. The summed E-state index contributed by atoms with van der Waals surface area (Å²) in [4.78, 5) is 11.1. The van der Waals surface area contributed by atoms with Gasteiger partial charge in [-0.3, -0.25) is 4.79 Å². The van der Waals surface area contributed by atoms with E-state index in [2.05, 4.69) is 10.2 Å². The Hall–Kier alpha value is -1.04. The summed E-state index contributed by atoms with van der Waals surface area (Å²) in [5.74, 6) is 0.920. The quantitative estimate of drug-likeness (QED) is 0.405. The minimum absolute atomic E-state index is 0.0894. The highest BCUT2D eigenvalue weighted by molar-refractivity contribution is 7.99. The van der Waals surface area contributed by atoms with Crippen LogP contribution in [-0.4, -0.2) is 33.1 Å². The fourth-order valence-corrected chi connectivity index (χ4v) is 2.23. The molecule has 0 fully saturated rings. The predicted molar refractivity (Wildman–Crippen MR) is 66.8 cm³/mol. The molecule has 0 saturated heterocycles. The van der Waals surface area contributed by atoms with E-state index in [1.807, 2.05) is 18.5 Å². The molecule has 5 nitrogen and oxygen atoms in total. The number of aromatic nitrogens is 3. The Morgan fingerprint density at radius 3 is 2.94 bits per heavy atom. The highest BCUT2D eigenvalue weighted by atomic mass is 32.2. The molecule has 0 saturated carbocycles. The number of ether oxygens (including phenoxy) is 1. The van der Waals surface area contributed by atoms with Crippen molar-refractivity contribution in [1.29, 1.82) is 0 Å². The third-order valence-electron chi connectivity index (χ3n) is 2.23. The van der Waals surface area contributed by atoms with Gasteiger partial charge in [0.1, 0.15) is 6.33 Å². The van der Waals surface area contributed by atoms with E-state index >= 15 is 0 Å². The largest absolute Gasteiger partial charge is 0.466 e. The topological polar surface area (TPSA) is 57.0 Å². The summed E-state index contributed by atoms with van der Waals surface area (Å²) >= 11 is 1.70. The van der Waals surface area contributed by atoms with E-state index < -0.39 is 0 Å². The van der Waals surface area contributed by atoms with Gasteiger partial charge in [0.25, 0.3) is 0 Å². The Bertz CT molecular complexity index is 341. The summed E-state index contributed by atoms with van der Waals surface area (Å²) < 4.78 is 6.76. The average Bonchev–Trinajstić information content (AvgIpc) is 2.70. The molecular formula is C11H19N3O2S. The van der Waals surface area contributed by atoms with Crippen LogP contribution in [0.4, 0.5) is 0 Å². The van der Waals surface area contributed by atoms with Crippen molar-refractivity contribution < 1.29 is 9.53 Å². The van der Waals surface area contributed by atoms with Gasteiger partial charge in [0.2, 0.25) is 0 Å². The number of hydrogen-bond donors (Lipinski definition) is 0. The predicted octanol–water partition coefficient (Wildman–Crippen LogP) is 2.03. The van der Waals surface area contributed by atoms with Crippen LogP contribution in [0.15, 0.2) is 11.5 Å². The van der Waals surface area contributed by atoms with Crippen LogP contribution in [0.5, 0.6) is 0 Å². The Kier molecular flexibility index (Phi) is 6.69. The van der Waals surface area contributed by atoms with Gasteiger partial charge in [-0.1, -0.05) is 18.2 Å². The summed E-state index contributed by atoms with van der Waals surface area (Å²) in [5.41, 5.74) is 0. The van der Waals surface area contributed by atoms with Crippen molar-refractivity contribution in [2.45, 2.75) is 37.8 Å². The number of esters is 1. The van der Waals surface area contributed by atoms with Crippen LogP contribution in [0.1, 0.15) is 32.6 Å². The second-order valence-electron chi connectivity index (χ2n) is 3.69. The molecule has 0 unspecified atom stereocenters. The molecule has 0 bridgehead atoms. The highest BCUT2D eigenvalue weighted by Gasteiger charge is 2.02. The SMILES string of the molecule is CCOC(=O)CCCCCSc1nncn1C. The maximum Gasteiger partial charge on any atom is 0.305 e. The zero-order valence-corrected chi connectivity index (χ0v) is 11.2. The van der Waals surface area contributed by atoms with Crippen molar-refractivity contribution in [2.24, 2.45) is 7.05 Å². The van der Waals surface area contributed by atoms with E-state index in [0.717, 1.165) is 30.2 Å². The second-order valence-corrected chi connectivity index (χ2v) is 4.75. The number of carbonyl (C=O) groups is 1. The molecule has 0 N–H and O–H groups in total. The molecular weight excluding hydrogens is 238 g/mol. The lowest BCUT2D eigenvalue weighted by molar-refractivity contribution is -0.143. The van der Waals surface area contributed by atoms with Crippen LogP contribution in [0, 0.1) is 0 Å². The summed E-state index contributed by atoms with van der Waals surface area (Å²) in [7, 11) is 1.93. The minimum atomic E-state index is -0.0894. The third-order valence-corrected chi connectivity index (χ3v) is 3.35. The number of aryl methyl sites for hydroxylation is 1. The van der Waals surface area contributed by atoms with Crippen molar-refractivity contribution >= 4 is 17.7 Å². The van der Waals surface area contributed by atoms with Gasteiger partial charge in [0.15, 0.2) is 5.16 Å². The molecule has 0 atom stereocenters. The van der Waals surface area contributed by atoms with Crippen molar-refractivity contribution in [1.82, 2.24) is 14.8 Å². The van der Waals surface area contributed by atoms with Crippen molar-refractivity contribution in [3.05, 3.63) is 6.33 Å². The minimum Gasteiger partial charge on any atom is -0.466 e. The lowest BCUT2D eigenvalue weighted by atomic mass is 10.2. The number of carbonyl (C=O) groups excluding carboxylic acids is 1. The van der Waals surface area contributed by atoms with E-state index in [1.165, 1.54) is 0 Å². The number of rotatable bonds is 8. The molecule has 17 heavy (non-hydrogen) atoms. The first-order valence-corrected chi connectivity index (χ1v) is 6.85. The standard InChI is InChI=1S/C11H19N3O2S/c1-3-16-10(15)7-5-4-6-8-17-11-13-12-9-14(11)2/h9H,3-8H2,1-2H3. The molecule has 6 heteroatoms. The Balaban J connectivity index is 1.98. The smallest absolute Gasteiger partial charge is 0.305 e. The third kappa shape index (κ3) is 5.72. The lowest BCUT2D eigenvalue weighted by Crippen LogP contribution is -2.03. The van der Waals surface area contributed by atoms with Crippen LogP contribution < -0.4 is 0 Å². The Labute approximate surface area is 106 Å². The van der Waals surface area contributed by atoms with Gasteiger partial charge in [-0.25, -0.2) is 0 Å².